The van der Waals surface area contributed by atoms with Gasteiger partial charge in [0, 0.05) is 19.3 Å². The van der Waals surface area contributed by atoms with Gasteiger partial charge < -0.3 is 34.2 Å². The Morgan fingerprint density at radius 2 is 0.570 bits per heavy atom. The van der Waals surface area contributed by atoms with Gasteiger partial charge in [0.1, 0.15) is 25.4 Å². The van der Waals surface area contributed by atoms with Crippen LogP contribution in [0.4, 0.5) is 0 Å². The van der Waals surface area contributed by atoms with Crippen LogP contribution in [0.5, 0.6) is 0 Å². The van der Waals surface area contributed by atoms with E-state index in [0.717, 1.165) is 173 Å². The maximum atomic E-state index is 12.9. The molecule has 5 unspecified atom stereocenters. The largest absolute Gasteiger partial charge is 0.472 e. The van der Waals surface area contributed by atoms with Crippen molar-refractivity contribution in [1.82, 2.24) is 0 Å². The molecule has 530 valence electrons. The molecule has 93 heavy (non-hydrogen) atoms. The number of hydrogen-bond acceptors (Lipinski definition) is 14. The summed E-state index contributed by atoms with van der Waals surface area (Å²) in [4.78, 5) is 58.4. The molecular weight excluding hydrogens is 1220 g/mol. The van der Waals surface area contributed by atoms with Crippen LogP contribution >= 0.6 is 15.6 Å². The second-order valence-corrected chi connectivity index (χ2v) is 25.8. The molecule has 0 aliphatic heterocycles. The molecule has 0 saturated heterocycles. The van der Waals surface area contributed by atoms with E-state index < -0.39 is 91.5 Å². The van der Waals surface area contributed by atoms with Gasteiger partial charge in [0.2, 0.25) is 0 Å². The minimum atomic E-state index is -4.94. The first kappa shape index (κ1) is 88.4. The van der Waals surface area contributed by atoms with Crippen LogP contribution in [0.25, 0.3) is 0 Å². The summed E-state index contributed by atoms with van der Waals surface area (Å²) < 4.78 is 60.9. The molecule has 0 fully saturated rings. The normalized spacial score (nSPS) is 15.0. The summed E-state index contributed by atoms with van der Waals surface area (Å²) in [5.41, 5.74) is 0. The summed E-state index contributed by atoms with van der Waals surface area (Å²) in [5, 5.41) is 20.6. The minimum Gasteiger partial charge on any atom is -0.463 e. The van der Waals surface area contributed by atoms with E-state index in [9.17, 15) is 43.5 Å². The summed E-state index contributed by atoms with van der Waals surface area (Å²) in [5.74, 6) is -1.65. The zero-order chi connectivity index (χ0) is 68.1. The number of aliphatic hydroxyl groups excluding tert-OH is 2. The van der Waals surface area contributed by atoms with Crippen molar-refractivity contribution >= 4 is 33.6 Å². The number of rotatable bonds is 65. The number of hydrogen-bond donors (Lipinski definition) is 4. The van der Waals surface area contributed by atoms with E-state index in [2.05, 4.69) is 167 Å². The number of esters is 3. The van der Waals surface area contributed by atoms with Crippen molar-refractivity contribution in [3.05, 3.63) is 146 Å². The van der Waals surface area contributed by atoms with Gasteiger partial charge >= 0.3 is 33.6 Å². The standard InChI is InChI=1S/C75H124O16P2/c1-4-7-10-13-16-19-22-25-28-30-32-33-34-35-37-39-41-43-46-49-52-55-58-61-73(78)85-64-70(76)65-87-92(81,82)88-66-71(77)67-89-93(83,84)90-69-72(91-75(80)63-60-57-54-51-48-45-40-27-24-21-18-15-12-9-6-3)68-86-74(79)62-59-56-53-50-47-44-42-38-36-31-29-26-23-20-17-14-11-8-5-2/h7-8,10-11,16-21,25-29,32-33,35-38,40,44,47,70-72,76-77H,4-6,9,12-15,22-24,30-31,34,39,41-43,45-46,48-69H2,1-3H3,(H,81,82)(H,83,84)/b10-7-,11-8-,19-16-,20-17-,21-18-,28-25-,29-26-,33-32-,37-35-,38-36-,40-27-,47-44-. The van der Waals surface area contributed by atoms with Crippen molar-refractivity contribution < 1.29 is 75.8 Å². The van der Waals surface area contributed by atoms with E-state index in [4.69, 9.17) is 32.3 Å². The zero-order valence-electron chi connectivity index (χ0n) is 57.4. The Morgan fingerprint density at radius 3 is 0.914 bits per heavy atom. The Labute approximate surface area is 562 Å². The number of unbranched alkanes of at least 4 members (excludes halogenated alkanes) is 18. The quantitative estimate of drug-likeness (QED) is 0.0146. The predicted molar refractivity (Wildman–Crippen MR) is 380 cm³/mol. The second-order valence-electron chi connectivity index (χ2n) is 22.9. The maximum absolute atomic E-state index is 12.9. The molecule has 5 atom stereocenters. The number of carbonyl (C=O) groups is 3. The van der Waals surface area contributed by atoms with Gasteiger partial charge in [-0.3, -0.25) is 32.5 Å². The van der Waals surface area contributed by atoms with E-state index >= 15 is 0 Å². The third kappa shape index (κ3) is 68.6. The van der Waals surface area contributed by atoms with Crippen LogP contribution in [-0.4, -0.2) is 95.9 Å². The number of aliphatic hydroxyl groups is 2. The van der Waals surface area contributed by atoms with Crippen molar-refractivity contribution in [2.75, 3.05) is 39.6 Å². The minimum absolute atomic E-state index is 0.0761. The van der Waals surface area contributed by atoms with Gasteiger partial charge in [0.05, 0.1) is 26.4 Å². The van der Waals surface area contributed by atoms with Crippen LogP contribution in [-0.2, 0) is 55.8 Å². The molecule has 0 aliphatic carbocycles. The maximum Gasteiger partial charge on any atom is 0.472 e. The predicted octanol–water partition coefficient (Wildman–Crippen LogP) is 19.8. The first-order valence-corrected chi connectivity index (χ1v) is 38.1. The van der Waals surface area contributed by atoms with Gasteiger partial charge in [-0.05, 0) is 141 Å². The van der Waals surface area contributed by atoms with Crippen LogP contribution in [0.3, 0.4) is 0 Å². The first-order valence-electron chi connectivity index (χ1n) is 35.1. The molecule has 0 spiro atoms. The third-order valence-corrected chi connectivity index (χ3v) is 15.9. The molecule has 0 aliphatic rings. The van der Waals surface area contributed by atoms with Crippen LogP contribution in [0.2, 0.25) is 0 Å². The second kappa shape index (κ2) is 67.4. The molecule has 0 aromatic heterocycles. The van der Waals surface area contributed by atoms with Crippen molar-refractivity contribution in [1.29, 1.82) is 0 Å². The highest BCUT2D eigenvalue weighted by molar-refractivity contribution is 7.47. The summed E-state index contributed by atoms with van der Waals surface area (Å²) in [6.45, 7) is 2.33. The molecule has 0 amide bonds. The monoisotopic (exact) mass is 1340 g/mol. The Kier molecular flexibility index (Phi) is 64.1. The molecule has 16 nitrogen and oxygen atoms in total. The van der Waals surface area contributed by atoms with E-state index in [0.29, 0.717) is 19.3 Å². The Bertz CT molecular complexity index is 2280. The molecule has 0 aromatic rings. The molecule has 0 heterocycles. The molecule has 0 aromatic carbocycles. The summed E-state index contributed by atoms with van der Waals surface area (Å²) >= 11 is 0. The van der Waals surface area contributed by atoms with E-state index in [1.807, 2.05) is 0 Å². The Hall–Kier alpha value is -4.57. The van der Waals surface area contributed by atoms with Gasteiger partial charge in [-0.15, -0.1) is 0 Å². The lowest BCUT2D eigenvalue weighted by Gasteiger charge is -2.21. The lowest BCUT2D eigenvalue weighted by Crippen LogP contribution is -2.30. The lowest BCUT2D eigenvalue weighted by molar-refractivity contribution is -0.161. The summed E-state index contributed by atoms with van der Waals surface area (Å²) in [6.07, 6.45) is 80.3. The number of allylic oxidation sites excluding steroid dienone is 24. The summed E-state index contributed by atoms with van der Waals surface area (Å²) in [7, 11) is -9.81. The van der Waals surface area contributed by atoms with Gasteiger partial charge in [0.25, 0.3) is 0 Å². The Morgan fingerprint density at radius 1 is 0.312 bits per heavy atom. The first-order chi connectivity index (χ1) is 45.2. The molecular formula is C75H124O16P2. The molecule has 4 N–H and O–H groups in total. The van der Waals surface area contributed by atoms with E-state index in [1.54, 1.807) is 0 Å². The number of phosphoric acid groups is 2. The van der Waals surface area contributed by atoms with Crippen molar-refractivity contribution in [2.24, 2.45) is 0 Å². The molecule has 0 bridgehead atoms. The van der Waals surface area contributed by atoms with Gasteiger partial charge in [-0.2, -0.15) is 0 Å². The summed E-state index contributed by atoms with van der Waals surface area (Å²) in [6, 6.07) is 0. The van der Waals surface area contributed by atoms with Crippen molar-refractivity contribution in [3.8, 4) is 0 Å². The fraction of sp³-hybridized carbons (Fsp3) is 0.640. The number of phosphoric ester groups is 2. The molecule has 0 saturated carbocycles. The van der Waals surface area contributed by atoms with Gasteiger partial charge in [-0.1, -0.05) is 237 Å². The van der Waals surface area contributed by atoms with Crippen LogP contribution in [0.1, 0.15) is 252 Å². The zero-order valence-corrected chi connectivity index (χ0v) is 59.2. The topological polar surface area (TPSA) is 231 Å². The van der Waals surface area contributed by atoms with Gasteiger partial charge in [-0.25, -0.2) is 9.13 Å². The highest BCUT2D eigenvalue weighted by Crippen LogP contribution is 2.45. The molecule has 18 heteroatoms. The fourth-order valence-corrected chi connectivity index (χ4v) is 10.3. The SMILES string of the molecule is CC/C=C\C/C=C\C/C=C\C/C=C\C/C=C\CCCCCCCCCC(=O)OCC(O)COP(=O)(O)OCC(O)COP(=O)(O)OCC(COC(=O)CCCCC/C=C\C/C=C\C/C=C\C/C=C\C/C=C\CC)OC(=O)CCCCCCC/C=C\C/C=C\CCCCC. The van der Waals surface area contributed by atoms with Crippen molar-refractivity contribution in [3.63, 3.8) is 0 Å². The molecule has 0 rings (SSSR count). The van der Waals surface area contributed by atoms with Crippen LogP contribution in [0, 0.1) is 0 Å². The van der Waals surface area contributed by atoms with Crippen LogP contribution in [0.15, 0.2) is 146 Å². The smallest absolute Gasteiger partial charge is 0.463 e. The fourth-order valence-electron chi connectivity index (χ4n) is 8.71. The molecule has 0 radical (unpaired) electrons. The third-order valence-electron chi connectivity index (χ3n) is 14.0. The highest BCUT2D eigenvalue weighted by Gasteiger charge is 2.29. The Balaban J connectivity index is 4.69. The van der Waals surface area contributed by atoms with E-state index in [-0.39, 0.29) is 19.3 Å². The number of ether oxygens (including phenoxy) is 3. The lowest BCUT2D eigenvalue weighted by atomic mass is 10.1. The highest BCUT2D eigenvalue weighted by atomic mass is 31.2. The average molecular weight is 1340 g/mol. The average Bonchev–Trinajstić information content (AvgIpc) is 3.74. The van der Waals surface area contributed by atoms with E-state index in [1.165, 1.54) is 19.3 Å². The number of carbonyl (C=O) groups excluding carboxylic acids is 3. The van der Waals surface area contributed by atoms with Gasteiger partial charge in [0.15, 0.2) is 6.10 Å². The van der Waals surface area contributed by atoms with Crippen molar-refractivity contribution in [2.45, 2.75) is 270 Å². The van der Waals surface area contributed by atoms with Crippen LogP contribution < -0.4 is 0 Å².